The second-order valence-electron chi connectivity index (χ2n) is 3.44. The number of carboxylic acids is 1. The maximum atomic E-state index is 13.8. The summed E-state index contributed by atoms with van der Waals surface area (Å²) in [5, 5.41) is 12.5. The number of carboxylic acid groups (broad SMARTS) is 1. The molecule has 6 heteroatoms. The van der Waals surface area contributed by atoms with Crippen molar-refractivity contribution in [2.75, 3.05) is 0 Å². The zero-order valence-corrected chi connectivity index (χ0v) is 9.57. The number of nitrogens with zero attached hydrogens (tertiary/aromatic N) is 2. The van der Waals surface area contributed by atoms with Crippen LogP contribution < -0.4 is 0 Å². The number of aromatic nitrogens is 2. The topological polar surface area (TPSA) is 55.1 Å². The minimum absolute atomic E-state index is 0.0134. The third-order valence-electron chi connectivity index (χ3n) is 2.33. The van der Waals surface area contributed by atoms with Crippen molar-refractivity contribution in [1.82, 2.24) is 9.78 Å². The SMILES string of the molecule is Cn1nc(C(=O)O)cc1-c1cccc(Cl)c1F. The molecule has 0 aliphatic rings. The average Bonchev–Trinajstić information content (AvgIpc) is 2.65. The standard InChI is InChI=1S/C11H8ClFN2O2/c1-15-9(5-8(14-15)11(16)17)6-3-2-4-7(12)10(6)13/h2-5H,1H3,(H,16,17). The molecule has 4 nitrogen and oxygen atoms in total. The number of carbonyl (C=O) groups is 1. The van der Waals surface area contributed by atoms with Crippen LogP contribution in [0.3, 0.4) is 0 Å². The normalized spacial score (nSPS) is 10.5. The van der Waals surface area contributed by atoms with Gasteiger partial charge >= 0.3 is 5.97 Å². The van der Waals surface area contributed by atoms with E-state index in [1.165, 1.54) is 22.9 Å². The van der Waals surface area contributed by atoms with Gasteiger partial charge in [-0.05, 0) is 18.2 Å². The molecule has 1 N–H and O–H groups in total. The Morgan fingerprint density at radius 1 is 1.53 bits per heavy atom. The zero-order chi connectivity index (χ0) is 12.6. The molecule has 0 saturated heterocycles. The summed E-state index contributed by atoms with van der Waals surface area (Å²) in [5.74, 6) is -1.75. The second-order valence-corrected chi connectivity index (χ2v) is 3.85. The number of hydrogen-bond acceptors (Lipinski definition) is 2. The molecule has 0 unspecified atom stereocenters. The molecule has 1 aromatic heterocycles. The summed E-state index contributed by atoms with van der Waals surface area (Å²) in [6, 6.07) is 5.84. The van der Waals surface area contributed by atoms with Gasteiger partial charge in [-0.25, -0.2) is 9.18 Å². The monoisotopic (exact) mass is 254 g/mol. The smallest absolute Gasteiger partial charge is 0.356 e. The van der Waals surface area contributed by atoms with E-state index in [1.54, 1.807) is 13.1 Å². The highest BCUT2D eigenvalue weighted by Crippen LogP contribution is 2.27. The number of aryl methyl sites for hydroxylation is 1. The molecule has 0 radical (unpaired) electrons. The lowest BCUT2D eigenvalue weighted by Crippen LogP contribution is -1.99. The van der Waals surface area contributed by atoms with Gasteiger partial charge in [0.15, 0.2) is 11.5 Å². The molecule has 0 amide bonds. The number of rotatable bonds is 2. The van der Waals surface area contributed by atoms with E-state index in [4.69, 9.17) is 16.7 Å². The molecule has 2 aromatic rings. The molecule has 1 heterocycles. The minimum atomic E-state index is -1.16. The quantitative estimate of drug-likeness (QED) is 0.896. The van der Waals surface area contributed by atoms with Crippen LogP contribution in [0.5, 0.6) is 0 Å². The van der Waals surface area contributed by atoms with Crippen LogP contribution in [0, 0.1) is 5.82 Å². The number of hydrogen-bond donors (Lipinski definition) is 1. The van der Waals surface area contributed by atoms with Crippen LogP contribution in [0.15, 0.2) is 24.3 Å². The van der Waals surface area contributed by atoms with Gasteiger partial charge in [0.05, 0.1) is 10.7 Å². The fraction of sp³-hybridized carbons (Fsp3) is 0.0909. The highest BCUT2D eigenvalue weighted by Gasteiger charge is 2.16. The van der Waals surface area contributed by atoms with Gasteiger partial charge in [0.25, 0.3) is 0 Å². The largest absolute Gasteiger partial charge is 0.476 e. The Balaban J connectivity index is 2.60. The van der Waals surface area contributed by atoms with Crippen LogP contribution in [0.25, 0.3) is 11.3 Å². The summed E-state index contributed by atoms with van der Waals surface area (Å²) in [6.07, 6.45) is 0. The molecular weight excluding hydrogens is 247 g/mol. The van der Waals surface area contributed by atoms with Gasteiger partial charge in [0.1, 0.15) is 0 Å². The lowest BCUT2D eigenvalue weighted by atomic mass is 10.1. The van der Waals surface area contributed by atoms with Crippen molar-refractivity contribution in [3.8, 4) is 11.3 Å². The molecule has 0 spiro atoms. The van der Waals surface area contributed by atoms with Gasteiger partial charge in [-0.2, -0.15) is 5.10 Å². The van der Waals surface area contributed by atoms with E-state index in [9.17, 15) is 9.18 Å². The van der Waals surface area contributed by atoms with Gasteiger partial charge < -0.3 is 5.11 Å². The Labute approximate surface area is 101 Å². The van der Waals surface area contributed by atoms with Crippen LogP contribution in [-0.4, -0.2) is 20.9 Å². The Kier molecular flexibility index (Phi) is 2.85. The molecule has 0 fully saturated rings. The molecule has 0 aliphatic carbocycles. The minimum Gasteiger partial charge on any atom is -0.476 e. The highest BCUT2D eigenvalue weighted by atomic mass is 35.5. The first-order chi connectivity index (χ1) is 8.00. The molecule has 0 bridgehead atoms. The van der Waals surface area contributed by atoms with E-state index in [-0.39, 0.29) is 16.3 Å². The second kappa shape index (κ2) is 4.18. The lowest BCUT2D eigenvalue weighted by molar-refractivity contribution is 0.0689. The van der Waals surface area contributed by atoms with Crippen molar-refractivity contribution >= 4 is 17.6 Å². The van der Waals surface area contributed by atoms with Crippen molar-refractivity contribution in [1.29, 1.82) is 0 Å². The number of aromatic carboxylic acids is 1. The summed E-state index contributed by atoms with van der Waals surface area (Å²) in [6.45, 7) is 0. The average molecular weight is 255 g/mol. The maximum absolute atomic E-state index is 13.8. The molecule has 88 valence electrons. The summed E-state index contributed by atoms with van der Waals surface area (Å²) >= 11 is 5.66. The first kappa shape index (κ1) is 11.6. The molecule has 17 heavy (non-hydrogen) atoms. The van der Waals surface area contributed by atoms with Gasteiger partial charge in [0.2, 0.25) is 0 Å². The number of halogens is 2. The third kappa shape index (κ3) is 2.01. The van der Waals surface area contributed by atoms with Crippen molar-refractivity contribution in [2.24, 2.45) is 7.05 Å². The molecule has 0 atom stereocenters. The summed E-state index contributed by atoms with van der Waals surface area (Å²) in [7, 11) is 1.54. The van der Waals surface area contributed by atoms with Gasteiger partial charge in [-0.3, -0.25) is 4.68 Å². The first-order valence-electron chi connectivity index (χ1n) is 4.72. The van der Waals surface area contributed by atoms with E-state index in [1.807, 2.05) is 0 Å². The van der Waals surface area contributed by atoms with Crippen molar-refractivity contribution in [2.45, 2.75) is 0 Å². The summed E-state index contributed by atoms with van der Waals surface area (Å²) < 4.78 is 15.1. The Morgan fingerprint density at radius 3 is 2.82 bits per heavy atom. The Morgan fingerprint density at radius 2 is 2.24 bits per heavy atom. The van der Waals surface area contributed by atoms with Gasteiger partial charge in [-0.1, -0.05) is 17.7 Å². The van der Waals surface area contributed by atoms with Crippen LogP contribution in [0.4, 0.5) is 4.39 Å². The predicted molar refractivity (Wildman–Crippen MR) is 60.6 cm³/mol. The molecule has 1 aromatic carbocycles. The lowest BCUT2D eigenvalue weighted by Gasteiger charge is -2.04. The highest BCUT2D eigenvalue weighted by molar-refractivity contribution is 6.31. The summed E-state index contributed by atoms with van der Waals surface area (Å²) in [5.41, 5.74) is 0.448. The Bertz CT molecular complexity index is 595. The fourth-order valence-corrected chi connectivity index (χ4v) is 1.70. The van der Waals surface area contributed by atoms with Crippen LogP contribution in [0.1, 0.15) is 10.5 Å². The van der Waals surface area contributed by atoms with Crippen LogP contribution >= 0.6 is 11.6 Å². The maximum Gasteiger partial charge on any atom is 0.356 e. The van der Waals surface area contributed by atoms with Crippen LogP contribution in [0.2, 0.25) is 5.02 Å². The van der Waals surface area contributed by atoms with E-state index in [0.717, 1.165) is 0 Å². The molecule has 0 aliphatic heterocycles. The number of benzene rings is 1. The van der Waals surface area contributed by atoms with E-state index < -0.39 is 11.8 Å². The third-order valence-corrected chi connectivity index (χ3v) is 2.62. The van der Waals surface area contributed by atoms with E-state index in [0.29, 0.717) is 5.69 Å². The van der Waals surface area contributed by atoms with Crippen molar-refractivity contribution in [3.63, 3.8) is 0 Å². The van der Waals surface area contributed by atoms with Gasteiger partial charge in [0, 0.05) is 12.6 Å². The van der Waals surface area contributed by atoms with Crippen molar-refractivity contribution < 1.29 is 14.3 Å². The van der Waals surface area contributed by atoms with Gasteiger partial charge in [-0.15, -0.1) is 0 Å². The van der Waals surface area contributed by atoms with Crippen molar-refractivity contribution in [3.05, 3.63) is 40.8 Å². The van der Waals surface area contributed by atoms with E-state index >= 15 is 0 Å². The summed E-state index contributed by atoms with van der Waals surface area (Å²) in [4.78, 5) is 10.8. The molecular formula is C11H8ClFN2O2. The van der Waals surface area contributed by atoms with Crippen LogP contribution in [-0.2, 0) is 7.05 Å². The molecule has 0 saturated carbocycles. The predicted octanol–water partition coefficient (Wildman–Crippen LogP) is 2.58. The fourth-order valence-electron chi connectivity index (χ4n) is 1.53. The Hall–Kier alpha value is -1.88. The first-order valence-corrected chi connectivity index (χ1v) is 5.10. The zero-order valence-electron chi connectivity index (χ0n) is 8.82. The van der Waals surface area contributed by atoms with E-state index in [2.05, 4.69) is 5.10 Å². The molecule has 2 rings (SSSR count).